The third-order valence-corrected chi connectivity index (χ3v) is 4.83. The Hall–Kier alpha value is -2.88. The molecule has 3 aromatic rings. The molecule has 10 heteroatoms. The number of thioether (sulfide) groups is 1. The Morgan fingerprint density at radius 2 is 2.04 bits per heavy atom. The smallest absolute Gasteiger partial charge is 0.271 e. The summed E-state index contributed by atoms with van der Waals surface area (Å²) in [5.41, 5.74) is 3.11. The zero-order chi connectivity index (χ0) is 19.6. The lowest BCUT2D eigenvalue weighted by molar-refractivity contribution is -0.118. The normalized spacial score (nSPS) is 11.0. The molecule has 3 N–H and O–H groups in total. The summed E-state index contributed by atoms with van der Waals surface area (Å²) < 4.78 is 16.2. The zero-order valence-corrected chi connectivity index (χ0v) is 16.0. The number of benzene rings is 1. The second kappa shape index (κ2) is 7.78. The molecule has 142 valence electrons. The fraction of sp³-hybridized carbons (Fsp3) is 0.294. The van der Waals surface area contributed by atoms with Gasteiger partial charge in [-0.15, -0.1) is 10.2 Å². The lowest BCUT2D eigenvalue weighted by Crippen LogP contribution is -2.25. The maximum absolute atomic E-state index is 13.3. The lowest BCUT2D eigenvalue weighted by Gasteiger charge is -2.07. The van der Waals surface area contributed by atoms with Crippen LogP contribution in [0.15, 0.2) is 29.4 Å². The van der Waals surface area contributed by atoms with Crippen LogP contribution in [0.5, 0.6) is 0 Å². The van der Waals surface area contributed by atoms with Crippen LogP contribution in [0.4, 0.5) is 4.39 Å². The molecule has 2 heterocycles. The largest absolute Gasteiger partial charge is 0.351 e. The summed E-state index contributed by atoms with van der Waals surface area (Å²) in [7, 11) is 0. The molecular weight excluding hydrogens is 369 g/mol. The highest BCUT2D eigenvalue weighted by Gasteiger charge is 2.16. The summed E-state index contributed by atoms with van der Waals surface area (Å²) in [4.78, 5) is 12.1. The highest BCUT2D eigenvalue weighted by Crippen LogP contribution is 2.17. The van der Waals surface area contributed by atoms with Gasteiger partial charge in [-0.1, -0.05) is 23.9 Å². The first kappa shape index (κ1) is 18.9. The van der Waals surface area contributed by atoms with E-state index in [1.54, 1.807) is 23.7 Å². The summed E-state index contributed by atoms with van der Waals surface area (Å²) in [6, 6.07) is 6.65. The molecule has 0 atom stereocenters. The Morgan fingerprint density at radius 3 is 2.70 bits per heavy atom. The van der Waals surface area contributed by atoms with E-state index in [9.17, 15) is 9.18 Å². The van der Waals surface area contributed by atoms with Crippen molar-refractivity contribution in [2.24, 2.45) is 0 Å². The van der Waals surface area contributed by atoms with Crippen molar-refractivity contribution in [3.8, 4) is 5.95 Å². The van der Waals surface area contributed by atoms with Crippen LogP contribution >= 0.6 is 11.8 Å². The van der Waals surface area contributed by atoms with E-state index in [-0.39, 0.29) is 17.5 Å². The average Bonchev–Trinajstić information content (AvgIpc) is 3.15. The first-order chi connectivity index (χ1) is 12.8. The van der Waals surface area contributed by atoms with E-state index < -0.39 is 0 Å². The molecule has 3 rings (SSSR count). The Kier molecular flexibility index (Phi) is 5.45. The number of nitrogen functional groups attached to an aromatic ring is 1. The third-order valence-electron chi connectivity index (χ3n) is 3.89. The molecule has 2 aromatic heterocycles. The summed E-state index contributed by atoms with van der Waals surface area (Å²) >= 11 is 1.18. The summed E-state index contributed by atoms with van der Waals surface area (Å²) in [6.45, 7) is 5.78. The Labute approximate surface area is 159 Å². The number of nitrogens with zero attached hydrogens (tertiary/aromatic N) is 5. The molecular formula is C17H20FN7OS. The second-order valence-electron chi connectivity index (χ2n) is 6.14. The van der Waals surface area contributed by atoms with E-state index in [1.807, 2.05) is 19.9 Å². The lowest BCUT2D eigenvalue weighted by atomic mass is 10.1. The number of aryl methyl sites for hydroxylation is 3. The minimum Gasteiger partial charge on any atom is -0.351 e. The number of hydrogen-bond donors (Lipinski definition) is 2. The molecule has 0 fully saturated rings. The van der Waals surface area contributed by atoms with E-state index in [0.29, 0.717) is 23.2 Å². The molecule has 0 aliphatic heterocycles. The predicted molar refractivity (Wildman–Crippen MR) is 100 cm³/mol. The van der Waals surface area contributed by atoms with Crippen molar-refractivity contribution < 1.29 is 9.18 Å². The fourth-order valence-corrected chi connectivity index (χ4v) is 3.22. The van der Waals surface area contributed by atoms with Crippen molar-refractivity contribution in [1.29, 1.82) is 0 Å². The molecule has 0 aliphatic rings. The van der Waals surface area contributed by atoms with Crippen LogP contribution in [0.3, 0.4) is 0 Å². The molecule has 0 spiro atoms. The van der Waals surface area contributed by atoms with Crippen molar-refractivity contribution in [3.05, 3.63) is 52.6 Å². The van der Waals surface area contributed by atoms with Gasteiger partial charge in [0.2, 0.25) is 11.1 Å². The number of carbonyl (C=O) groups is 1. The molecule has 0 saturated heterocycles. The van der Waals surface area contributed by atoms with Crippen LogP contribution in [0.2, 0.25) is 0 Å². The number of aromatic nitrogens is 5. The Balaban J connectivity index is 1.57. The molecule has 1 aromatic carbocycles. The van der Waals surface area contributed by atoms with E-state index in [2.05, 4.69) is 20.6 Å². The van der Waals surface area contributed by atoms with Crippen molar-refractivity contribution in [2.45, 2.75) is 32.5 Å². The predicted octanol–water partition coefficient (Wildman–Crippen LogP) is 1.65. The zero-order valence-electron chi connectivity index (χ0n) is 15.2. The SMILES string of the molecule is Cc1cc(C)n(-c2nnc(SCC(=O)NCc3ccc(F)c(C)c3)n2N)n1. The molecule has 0 radical (unpaired) electrons. The number of hydrogen-bond acceptors (Lipinski definition) is 6. The van der Waals surface area contributed by atoms with E-state index in [0.717, 1.165) is 17.0 Å². The van der Waals surface area contributed by atoms with Gasteiger partial charge in [-0.05, 0) is 44.0 Å². The van der Waals surface area contributed by atoms with Gasteiger partial charge in [0.15, 0.2) is 0 Å². The van der Waals surface area contributed by atoms with E-state index >= 15 is 0 Å². The molecule has 0 saturated carbocycles. The number of amides is 1. The quantitative estimate of drug-likeness (QED) is 0.491. The molecule has 0 aliphatic carbocycles. The maximum atomic E-state index is 13.3. The topological polar surface area (TPSA) is 104 Å². The molecule has 1 amide bonds. The third kappa shape index (κ3) is 4.27. The van der Waals surface area contributed by atoms with Crippen molar-refractivity contribution in [2.75, 3.05) is 11.6 Å². The monoisotopic (exact) mass is 389 g/mol. The maximum Gasteiger partial charge on any atom is 0.271 e. The number of halogens is 1. The second-order valence-corrected chi connectivity index (χ2v) is 7.08. The van der Waals surface area contributed by atoms with Gasteiger partial charge in [-0.3, -0.25) is 4.79 Å². The summed E-state index contributed by atoms with van der Waals surface area (Å²) in [6.07, 6.45) is 0. The van der Waals surface area contributed by atoms with Crippen LogP contribution in [-0.4, -0.2) is 36.3 Å². The highest BCUT2D eigenvalue weighted by molar-refractivity contribution is 7.99. The Morgan fingerprint density at radius 1 is 1.26 bits per heavy atom. The Bertz CT molecular complexity index is 982. The number of nitrogens with one attached hydrogen (secondary N) is 1. The first-order valence-electron chi connectivity index (χ1n) is 8.24. The van der Waals surface area contributed by atoms with Crippen molar-refractivity contribution in [1.82, 2.24) is 30.0 Å². The molecule has 0 bridgehead atoms. The minimum absolute atomic E-state index is 0.132. The van der Waals surface area contributed by atoms with Crippen LogP contribution in [0.25, 0.3) is 5.95 Å². The van der Waals surface area contributed by atoms with Crippen LogP contribution < -0.4 is 11.2 Å². The highest BCUT2D eigenvalue weighted by atomic mass is 32.2. The van der Waals surface area contributed by atoms with Gasteiger partial charge in [0.25, 0.3) is 5.95 Å². The molecule has 0 unspecified atom stereocenters. The van der Waals surface area contributed by atoms with Gasteiger partial charge in [0, 0.05) is 12.2 Å². The van der Waals surface area contributed by atoms with E-state index in [4.69, 9.17) is 5.84 Å². The van der Waals surface area contributed by atoms with Gasteiger partial charge in [0.1, 0.15) is 5.82 Å². The van der Waals surface area contributed by atoms with Crippen molar-refractivity contribution >= 4 is 17.7 Å². The fourth-order valence-electron chi connectivity index (χ4n) is 2.54. The van der Waals surface area contributed by atoms with Gasteiger partial charge in [-0.25, -0.2) is 13.7 Å². The number of nitrogens with two attached hydrogens (primary N) is 1. The van der Waals surface area contributed by atoms with Crippen LogP contribution in [-0.2, 0) is 11.3 Å². The molecule has 27 heavy (non-hydrogen) atoms. The van der Waals surface area contributed by atoms with Crippen LogP contribution in [0.1, 0.15) is 22.5 Å². The van der Waals surface area contributed by atoms with Gasteiger partial charge in [0.05, 0.1) is 11.4 Å². The standard InChI is InChI=1S/C17H20FN7OS/c1-10-6-13(4-5-14(10)18)8-20-15(26)9-27-17-22-21-16(24(17)19)25-12(3)7-11(2)23-25/h4-7H,8-9,19H2,1-3H3,(H,20,26). The van der Waals surface area contributed by atoms with Gasteiger partial charge < -0.3 is 11.2 Å². The average molecular weight is 389 g/mol. The van der Waals surface area contributed by atoms with Crippen molar-refractivity contribution in [3.63, 3.8) is 0 Å². The number of carbonyl (C=O) groups excluding carboxylic acids is 1. The number of rotatable bonds is 6. The van der Waals surface area contributed by atoms with Gasteiger partial charge >= 0.3 is 0 Å². The van der Waals surface area contributed by atoms with Crippen LogP contribution in [0, 0.1) is 26.6 Å². The summed E-state index contributed by atoms with van der Waals surface area (Å²) in [5, 5.41) is 15.6. The first-order valence-corrected chi connectivity index (χ1v) is 9.22. The van der Waals surface area contributed by atoms with E-state index in [1.165, 1.54) is 22.5 Å². The summed E-state index contributed by atoms with van der Waals surface area (Å²) in [5.74, 6) is 6.10. The van der Waals surface area contributed by atoms with Gasteiger partial charge in [-0.2, -0.15) is 5.10 Å². The molecule has 8 nitrogen and oxygen atoms in total. The minimum atomic E-state index is -0.263.